The smallest absolute Gasteiger partial charge is 0.272 e. The highest BCUT2D eigenvalue weighted by Gasteiger charge is 2.16. The molecule has 2 amide bonds. The van der Waals surface area contributed by atoms with Gasteiger partial charge in [-0.05, 0) is 26.0 Å². The standard InChI is InChI=1S/C12H16ClN3O2/c1-8(2)14-11(17)7-16(3)12(18)9-5-4-6-10(13)15-9/h4-6,8H,7H2,1-3H3,(H,14,17). The minimum atomic E-state index is -0.337. The molecule has 0 spiro atoms. The summed E-state index contributed by atoms with van der Waals surface area (Å²) >= 11 is 5.71. The summed E-state index contributed by atoms with van der Waals surface area (Å²) in [7, 11) is 1.55. The normalized spacial score (nSPS) is 10.3. The predicted octanol–water partition coefficient (Wildman–Crippen LogP) is 1.33. The molecule has 1 aromatic rings. The van der Waals surface area contributed by atoms with Crippen LogP contribution in [0.15, 0.2) is 18.2 Å². The molecular weight excluding hydrogens is 254 g/mol. The molecule has 0 atom stereocenters. The van der Waals surface area contributed by atoms with Gasteiger partial charge < -0.3 is 10.2 Å². The number of hydrogen-bond donors (Lipinski definition) is 1. The van der Waals surface area contributed by atoms with Crippen molar-refractivity contribution >= 4 is 23.4 Å². The van der Waals surface area contributed by atoms with Crippen LogP contribution in [0.2, 0.25) is 5.15 Å². The van der Waals surface area contributed by atoms with E-state index in [4.69, 9.17) is 11.6 Å². The first-order valence-corrected chi connectivity index (χ1v) is 5.95. The van der Waals surface area contributed by atoms with Crippen LogP contribution in [0.3, 0.4) is 0 Å². The molecule has 0 radical (unpaired) electrons. The summed E-state index contributed by atoms with van der Waals surface area (Å²) in [6.07, 6.45) is 0. The second kappa shape index (κ2) is 6.35. The fourth-order valence-electron chi connectivity index (χ4n) is 1.38. The molecule has 6 heteroatoms. The van der Waals surface area contributed by atoms with E-state index in [2.05, 4.69) is 10.3 Å². The molecule has 1 aromatic heterocycles. The molecule has 98 valence electrons. The Hall–Kier alpha value is -1.62. The average molecular weight is 270 g/mol. The highest BCUT2D eigenvalue weighted by Crippen LogP contribution is 2.06. The van der Waals surface area contributed by atoms with Gasteiger partial charge in [0.25, 0.3) is 5.91 Å². The largest absolute Gasteiger partial charge is 0.352 e. The van der Waals surface area contributed by atoms with Crippen LogP contribution < -0.4 is 5.32 Å². The first-order valence-electron chi connectivity index (χ1n) is 5.57. The summed E-state index contributed by atoms with van der Waals surface area (Å²) in [4.78, 5) is 28.7. The van der Waals surface area contributed by atoms with Crippen molar-refractivity contribution in [2.75, 3.05) is 13.6 Å². The first kappa shape index (κ1) is 14.4. The van der Waals surface area contributed by atoms with Crippen molar-refractivity contribution in [2.24, 2.45) is 0 Å². The third kappa shape index (κ3) is 4.33. The van der Waals surface area contributed by atoms with Crippen molar-refractivity contribution in [1.82, 2.24) is 15.2 Å². The lowest BCUT2D eigenvalue weighted by Crippen LogP contribution is -2.41. The van der Waals surface area contributed by atoms with Gasteiger partial charge >= 0.3 is 0 Å². The van der Waals surface area contributed by atoms with Gasteiger partial charge in [-0.15, -0.1) is 0 Å². The molecule has 18 heavy (non-hydrogen) atoms. The Morgan fingerprint density at radius 3 is 2.67 bits per heavy atom. The molecule has 0 aliphatic rings. The Morgan fingerprint density at radius 1 is 1.44 bits per heavy atom. The van der Waals surface area contributed by atoms with Gasteiger partial charge in [0.05, 0.1) is 6.54 Å². The molecule has 1 heterocycles. The second-order valence-corrected chi connectivity index (χ2v) is 4.62. The molecule has 0 aliphatic carbocycles. The minimum absolute atomic E-state index is 0.00872. The van der Waals surface area contributed by atoms with Crippen LogP contribution in [0.25, 0.3) is 0 Å². The monoisotopic (exact) mass is 269 g/mol. The molecule has 5 nitrogen and oxygen atoms in total. The summed E-state index contributed by atoms with van der Waals surface area (Å²) in [5.41, 5.74) is 0.224. The van der Waals surface area contributed by atoms with Crippen LogP contribution in [0, 0.1) is 0 Å². The summed E-state index contributed by atoms with van der Waals surface area (Å²) in [6.45, 7) is 3.71. The Bertz CT molecular complexity index is 449. The summed E-state index contributed by atoms with van der Waals surface area (Å²) in [6, 6.07) is 4.84. The van der Waals surface area contributed by atoms with Crippen LogP contribution >= 0.6 is 11.6 Å². The van der Waals surface area contributed by atoms with Crippen molar-refractivity contribution in [3.63, 3.8) is 0 Å². The number of aromatic nitrogens is 1. The van der Waals surface area contributed by atoms with E-state index in [1.54, 1.807) is 25.2 Å². The number of nitrogens with one attached hydrogen (secondary N) is 1. The van der Waals surface area contributed by atoms with Crippen LogP contribution in [0.1, 0.15) is 24.3 Å². The SMILES string of the molecule is CC(C)NC(=O)CN(C)C(=O)c1cccc(Cl)n1. The van der Waals surface area contributed by atoms with Gasteiger partial charge in [-0.3, -0.25) is 9.59 Å². The summed E-state index contributed by atoms with van der Waals surface area (Å²) < 4.78 is 0. The maximum atomic E-state index is 11.9. The Morgan fingerprint density at radius 2 is 2.11 bits per heavy atom. The van der Waals surface area contributed by atoms with E-state index < -0.39 is 0 Å². The molecule has 0 saturated heterocycles. The number of likely N-dealkylation sites (N-methyl/N-ethyl adjacent to an activating group) is 1. The van der Waals surface area contributed by atoms with Gasteiger partial charge in [0.2, 0.25) is 5.91 Å². The number of pyridine rings is 1. The zero-order chi connectivity index (χ0) is 13.7. The van der Waals surface area contributed by atoms with E-state index in [1.165, 1.54) is 4.90 Å². The van der Waals surface area contributed by atoms with Gasteiger partial charge in [0, 0.05) is 13.1 Å². The third-order valence-electron chi connectivity index (χ3n) is 2.11. The lowest BCUT2D eigenvalue weighted by atomic mass is 10.3. The van der Waals surface area contributed by atoms with Crippen LogP contribution in [0.4, 0.5) is 0 Å². The molecule has 0 unspecified atom stereocenters. The van der Waals surface area contributed by atoms with Gasteiger partial charge in [-0.25, -0.2) is 4.98 Å². The number of hydrogen-bond acceptors (Lipinski definition) is 3. The number of carbonyl (C=O) groups excluding carboxylic acids is 2. The van der Waals surface area contributed by atoms with Crippen molar-refractivity contribution in [3.8, 4) is 0 Å². The molecule has 1 N–H and O–H groups in total. The zero-order valence-corrected chi connectivity index (χ0v) is 11.4. The van der Waals surface area contributed by atoms with Gasteiger partial charge in [0.15, 0.2) is 0 Å². The molecule has 0 bridgehead atoms. The third-order valence-corrected chi connectivity index (χ3v) is 2.32. The van der Waals surface area contributed by atoms with E-state index in [0.29, 0.717) is 0 Å². The molecule has 0 aromatic carbocycles. The van der Waals surface area contributed by atoms with E-state index >= 15 is 0 Å². The Labute approximate surface area is 111 Å². The topological polar surface area (TPSA) is 62.3 Å². The van der Waals surface area contributed by atoms with Crippen molar-refractivity contribution in [1.29, 1.82) is 0 Å². The molecule has 1 rings (SSSR count). The molecule has 0 fully saturated rings. The van der Waals surface area contributed by atoms with E-state index in [0.717, 1.165) is 0 Å². The Balaban J connectivity index is 2.64. The molecular formula is C12H16ClN3O2. The fourth-order valence-corrected chi connectivity index (χ4v) is 1.54. The highest BCUT2D eigenvalue weighted by molar-refractivity contribution is 6.29. The number of carbonyl (C=O) groups is 2. The lowest BCUT2D eigenvalue weighted by molar-refractivity contribution is -0.122. The molecule has 0 saturated carbocycles. The summed E-state index contributed by atoms with van der Waals surface area (Å²) in [5.74, 6) is -0.542. The maximum absolute atomic E-state index is 11.9. The average Bonchev–Trinajstić information content (AvgIpc) is 2.26. The predicted molar refractivity (Wildman–Crippen MR) is 69.5 cm³/mol. The van der Waals surface area contributed by atoms with Crippen molar-refractivity contribution in [3.05, 3.63) is 29.0 Å². The first-order chi connectivity index (χ1) is 8.40. The van der Waals surface area contributed by atoms with Gasteiger partial charge in [-0.1, -0.05) is 17.7 Å². The number of nitrogens with zero attached hydrogens (tertiary/aromatic N) is 2. The summed E-state index contributed by atoms with van der Waals surface area (Å²) in [5, 5.41) is 2.96. The number of halogens is 1. The van der Waals surface area contributed by atoms with Crippen LogP contribution in [0.5, 0.6) is 0 Å². The van der Waals surface area contributed by atoms with Crippen LogP contribution in [-0.2, 0) is 4.79 Å². The Kier molecular flexibility index (Phi) is 5.09. The lowest BCUT2D eigenvalue weighted by Gasteiger charge is -2.17. The quantitative estimate of drug-likeness (QED) is 0.839. The van der Waals surface area contributed by atoms with Crippen LogP contribution in [-0.4, -0.2) is 41.3 Å². The zero-order valence-electron chi connectivity index (χ0n) is 10.6. The number of amides is 2. The fraction of sp³-hybridized carbons (Fsp3) is 0.417. The van der Waals surface area contributed by atoms with Crippen molar-refractivity contribution in [2.45, 2.75) is 19.9 Å². The van der Waals surface area contributed by atoms with Gasteiger partial charge in [-0.2, -0.15) is 0 Å². The minimum Gasteiger partial charge on any atom is -0.352 e. The van der Waals surface area contributed by atoms with E-state index in [1.807, 2.05) is 13.8 Å². The maximum Gasteiger partial charge on any atom is 0.272 e. The second-order valence-electron chi connectivity index (χ2n) is 4.23. The van der Waals surface area contributed by atoms with Crippen molar-refractivity contribution < 1.29 is 9.59 Å². The van der Waals surface area contributed by atoms with E-state index in [-0.39, 0.29) is 35.2 Å². The molecule has 0 aliphatic heterocycles. The number of rotatable bonds is 4. The highest BCUT2D eigenvalue weighted by atomic mass is 35.5. The van der Waals surface area contributed by atoms with Gasteiger partial charge in [0.1, 0.15) is 10.8 Å². The van der Waals surface area contributed by atoms with E-state index in [9.17, 15) is 9.59 Å².